The van der Waals surface area contributed by atoms with Crippen LogP contribution in [-0.4, -0.2) is 20.9 Å². The highest BCUT2D eigenvalue weighted by atomic mass is 32.1. The topological polar surface area (TPSA) is 110 Å². The van der Waals surface area contributed by atoms with E-state index in [4.69, 9.17) is 16.6 Å². The Hall–Kier alpha value is -4.11. The van der Waals surface area contributed by atoms with E-state index in [2.05, 4.69) is 15.6 Å². The lowest BCUT2D eigenvalue weighted by Gasteiger charge is -2.12. The number of fused-ring (bicyclic) bond motifs is 1. The number of para-hydroxylation sites is 2. The normalized spacial score (nSPS) is 10.6. The zero-order valence-electron chi connectivity index (χ0n) is 16.3. The lowest BCUT2D eigenvalue weighted by Crippen LogP contribution is -2.34. The molecule has 4 aromatic rings. The van der Waals surface area contributed by atoms with Gasteiger partial charge < -0.3 is 9.73 Å². The lowest BCUT2D eigenvalue weighted by molar-refractivity contribution is -0.384. The molecular weight excluding hydrogens is 416 g/mol. The third-order valence-electron chi connectivity index (χ3n) is 4.59. The molecule has 0 aliphatic rings. The number of aromatic nitrogens is 1. The predicted molar refractivity (Wildman–Crippen MR) is 121 cm³/mol. The van der Waals surface area contributed by atoms with Crippen molar-refractivity contribution in [3.8, 4) is 11.5 Å². The average Bonchev–Trinajstić information content (AvgIpc) is 3.19. The number of nitrogens with one attached hydrogen (secondary N) is 2. The second-order valence-corrected chi connectivity index (χ2v) is 7.14. The highest BCUT2D eigenvalue weighted by molar-refractivity contribution is 7.80. The fourth-order valence-electron chi connectivity index (χ4n) is 2.95. The largest absolute Gasteiger partial charge is 0.436 e. The first-order valence-electron chi connectivity index (χ1n) is 9.24. The van der Waals surface area contributed by atoms with Crippen LogP contribution in [0.15, 0.2) is 71.1 Å². The third-order valence-corrected chi connectivity index (χ3v) is 4.80. The van der Waals surface area contributed by atoms with E-state index in [1.807, 2.05) is 49.4 Å². The van der Waals surface area contributed by atoms with E-state index >= 15 is 0 Å². The van der Waals surface area contributed by atoms with Crippen LogP contribution in [0.5, 0.6) is 0 Å². The Labute approximate surface area is 182 Å². The van der Waals surface area contributed by atoms with Crippen molar-refractivity contribution in [1.29, 1.82) is 0 Å². The molecular formula is C22H16N4O4S. The number of benzene rings is 3. The molecule has 0 saturated heterocycles. The quantitative estimate of drug-likeness (QED) is 0.270. The minimum Gasteiger partial charge on any atom is -0.436 e. The van der Waals surface area contributed by atoms with E-state index in [1.54, 1.807) is 0 Å². The Morgan fingerprint density at radius 1 is 1.10 bits per heavy atom. The molecule has 1 heterocycles. The molecule has 1 amide bonds. The molecule has 2 N–H and O–H groups in total. The van der Waals surface area contributed by atoms with Crippen LogP contribution in [0, 0.1) is 17.0 Å². The lowest BCUT2D eigenvalue weighted by atomic mass is 10.1. The highest BCUT2D eigenvalue weighted by Crippen LogP contribution is 2.28. The van der Waals surface area contributed by atoms with Crippen molar-refractivity contribution >= 4 is 45.7 Å². The monoisotopic (exact) mass is 432 g/mol. The van der Waals surface area contributed by atoms with Crippen LogP contribution in [0.4, 0.5) is 11.4 Å². The van der Waals surface area contributed by atoms with Gasteiger partial charge in [0, 0.05) is 28.9 Å². The summed E-state index contributed by atoms with van der Waals surface area (Å²) in [6.07, 6.45) is 0. The maximum Gasteiger partial charge on any atom is 0.269 e. The highest BCUT2D eigenvalue weighted by Gasteiger charge is 2.13. The number of carbonyl (C=O) groups is 1. The number of aryl methyl sites for hydroxylation is 1. The minimum absolute atomic E-state index is 0.0936. The van der Waals surface area contributed by atoms with Crippen LogP contribution in [0.3, 0.4) is 0 Å². The summed E-state index contributed by atoms with van der Waals surface area (Å²) < 4.78 is 5.81. The number of oxazole rings is 1. The summed E-state index contributed by atoms with van der Waals surface area (Å²) in [5.74, 6) is 0.00485. The van der Waals surface area contributed by atoms with Gasteiger partial charge in [-0.3, -0.25) is 20.2 Å². The van der Waals surface area contributed by atoms with Crippen molar-refractivity contribution in [1.82, 2.24) is 10.3 Å². The maximum atomic E-state index is 12.4. The summed E-state index contributed by atoms with van der Waals surface area (Å²) in [6.45, 7) is 1.90. The van der Waals surface area contributed by atoms with E-state index in [9.17, 15) is 14.9 Å². The summed E-state index contributed by atoms with van der Waals surface area (Å²) in [6, 6.07) is 18.4. The van der Waals surface area contributed by atoms with Crippen molar-refractivity contribution in [2.24, 2.45) is 0 Å². The van der Waals surface area contributed by atoms with Gasteiger partial charge in [-0.15, -0.1) is 0 Å². The van der Waals surface area contributed by atoms with E-state index in [-0.39, 0.29) is 16.4 Å². The molecule has 0 fully saturated rings. The summed E-state index contributed by atoms with van der Waals surface area (Å²) >= 11 is 5.26. The second kappa shape index (κ2) is 8.33. The molecule has 0 unspecified atom stereocenters. The molecule has 4 rings (SSSR count). The van der Waals surface area contributed by atoms with Crippen LogP contribution in [0.25, 0.3) is 22.6 Å². The van der Waals surface area contributed by atoms with Crippen molar-refractivity contribution in [3.63, 3.8) is 0 Å². The van der Waals surface area contributed by atoms with Crippen molar-refractivity contribution < 1.29 is 14.1 Å². The molecule has 0 saturated carbocycles. The minimum atomic E-state index is -0.527. The number of nitrogens with zero attached hydrogens (tertiary/aromatic N) is 2. The van der Waals surface area contributed by atoms with Gasteiger partial charge in [0.05, 0.1) is 4.92 Å². The number of nitro groups is 1. The molecule has 31 heavy (non-hydrogen) atoms. The number of carbonyl (C=O) groups excluding carboxylic acids is 1. The molecule has 0 aliphatic heterocycles. The first-order valence-corrected chi connectivity index (χ1v) is 9.65. The van der Waals surface area contributed by atoms with Gasteiger partial charge in [0.25, 0.3) is 11.6 Å². The van der Waals surface area contributed by atoms with Crippen molar-refractivity contribution in [2.75, 3.05) is 5.32 Å². The molecule has 0 spiro atoms. The van der Waals surface area contributed by atoms with Gasteiger partial charge >= 0.3 is 0 Å². The van der Waals surface area contributed by atoms with Crippen molar-refractivity contribution in [2.45, 2.75) is 6.92 Å². The second-order valence-electron chi connectivity index (χ2n) is 6.73. The molecule has 8 nitrogen and oxygen atoms in total. The average molecular weight is 432 g/mol. The summed E-state index contributed by atoms with van der Waals surface area (Å²) in [4.78, 5) is 27.1. The zero-order chi connectivity index (χ0) is 22.0. The maximum absolute atomic E-state index is 12.4. The Morgan fingerprint density at radius 3 is 2.55 bits per heavy atom. The number of hydrogen-bond donors (Lipinski definition) is 2. The van der Waals surface area contributed by atoms with E-state index in [0.29, 0.717) is 17.2 Å². The molecule has 1 aromatic heterocycles. The van der Waals surface area contributed by atoms with Gasteiger partial charge in [-0.25, -0.2) is 4.98 Å². The Bertz CT molecular complexity index is 1280. The smallest absolute Gasteiger partial charge is 0.269 e. The van der Waals surface area contributed by atoms with E-state index in [0.717, 1.165) is 16.6 Å². The fourth-order valence-corrected chi connectivity index (χ4v) is 3.15. The summed E-state index contributed by atoms with van der Waals surface area (Å²) in [5, 5.41) is 16.4. The number of non-ortho nitro benzene ring substituents is 1. The van der Waals surface area contributed by atoms with Crippen LogP contribution >= 0.6 is 12.2 Å². The number of hydrogen-bond acceptors (Lipinski definition) is 6. The van der Waals surface area contributed by atoms with E-state index < -0.39 is 10.8 Å². The fraction of sp³-hybridized carbons (Fsp3) is 0.0455. The SMILES string of the molecule is Cc1ccc(-c2nc3ccccc3o2)cc1NC(=S)NC(=O)c1ccc([N+](=O)[O-])cc1. The van der Waals surface area contributed by atoms with Gasteiger partial charge in [0.15, 0.2) is 10.7 Å². The number of nitro benzene ring substituents is 1. The Balaban J connectivity index is 1.49. The van der Waals surface area contributed by atoms with Gasteiger partial charge in [-0.05, 0) is 61.1 Å². The van der Waals surface area contributed by atoms with Crippen LogP contribution in [-0.2, 0) is 0 Å². The standard InChI is InChI=1S/C22H16N4O4S/c1-13-6-7-15(21-23-17-4-2-3-5-19(17)30-21)12-18(13)24-22(31)25-20(27)14-8-10-16(11-9-14)26(28)29/h2-12H,1H3,(H2,24,25,27,31). The molecule has 0 aliphatic carbocycles. The zero-order valence-corrected chi connectivity index (χ0v) is 17.1. The van der Waals surface area contributed by atoms with E-state index in [1.165, 1.54) is 24.3 Å². The van der Waals surface area contributed by atoms with Gasteiger partial charge in [0.2, 0.25) is 5.89 Å². The summed E-state index contributed by atoms with van der Waals surface area (Å²) in [5.41, 5.74) is 3.97. The molecule has 0 bridgehead atoms. The predicted octanol–water partition coefficient (Wildman–Crippen LogP) is 4.84. The molecule has 0 radical (unpaired) electrons. The number of amides is 1. The Kier molecular flexibility index (Phi) is 5.42. The first kappa shape index (κ1) is 20.2. The number of rotatable bonds is 4. The molecule has 9 heteroatoms. The molecule has 3 aromatic carbocycles. The summed E-state index contributed by atoms with van der Waals surface area (Å²) in [7, 11) is 0. The first-order chi connectivity index (χ1) is 14.9. The Morgan fingerprint density at radius 2 is 1.84 bits per heavy atom. The number of anilines is 1. The van der Waals surface area contributed by atoms with Gasteiger partial charge in [0.1, 0.15) is 5.52 Å². The number of thiocarbonyl (C=S) groups is 1. The van der Waals surface area contributed by atoms with Gasteiger partial charge in [-0.1, -0.05) is 18.2 Å². The van der Waals surface area contributed by atoms with Crippen molar-refractivity contribution in [3.05, 3.63) is 88.0 Å². The van der Waals surface area contributed by atoms with Crippen LogP contribution in [0.1, 0.15) is 15.9 Å². The third kappa shape index (κ3) is 4.41. The van der Waals surface area contributed by atoms with Crippen LogP contribution < -0.4 is 10.6 Å². The molecule has 0 atom stereocenters. The van der Waals surface area contributed by atoms with Crippen LogP contribution in [0.2, 0.25) is 0 Å². The molecule has 154 valence electrons. The van der Waals surface area contributed by atoms with Gasteiger partial charge in [-0.2, -0.15) is 0 Å².